The molecular formula is C11H21N5O2S. The highest BCUT2D eigenvalue weighted by atomic mass is 32.2. The zero-order valence-electron chi connectivity index (χ0n) is 11.3. The van der Waals surface area contributed by atoms with Crippen LogP contribution in [0.25, 0.3) is 0 Å². The minimum Gasteiger partial charge on any atom is -0.368 e. The van der Waals surface area contributed by atoms with Crippen molar-refractivity contribution in [1.29, 1.82) is 0 Å². The smallest absolute Gasteiger partial charge is 0.243 e. The predicted molar refractivity (Wildman–Crippen MR) is 74.0 cm³/mol. The highest BCUT2D eigenvalue weighted by Gasteiger charge is 2.14. The first kappa shape index (κ1) is 15.8. The van der Waals surface area contributed by atoms with Crippen LogP contribution in [0.1, 0.15) is 20.3 Å². The molecule has 0 saturated carbocycles. The summed E-state index contributed by atoms with van der Waals surface area (Å²) in [7, 11) is -3.54. The number of rotatable bonds is 8. The zero-order valence-corrected chi connectivity index (χ0v) is 12.2. The van der Waals surface area contributed by atoms with E-state index in [-0.39, 0.29) is 10.8 Å². The van der Waals surface area contributed by atoms with Crippen molar-refractivity contribution in [2.45, 2.75) is 25.2 Å². The van der Waals surface area contributed by atoms with Crippen LogP contribution in [0.15, 0.2) is 17.3 Å². The predicted octanol–water partition coefficient (Wildman–Crippen LogP) is 0.0690. The van der Waals surface area contributed by atoms with Gasteiger partial charge < -0.3 is 10.6 Å². The molecule has 0 saturated heterocycles. The maximum Gasteiger partial charge on any atom is 0.243 e. The zero-order chi connectivity index (χ0) is 14.3. The summed E-state index contributed by atoms with van der Waals surface area (Å²) in [5.41, 5.74) is 5.31. The molecule has 108 valence electrons. The van der Waals surface area contributed by atoms with Crippen molar-refractivity contribution in [3.8, 4) is 0 Å². The number of nitrogens with two attached hydrogens (primary N) is 1. The Morgan fingerprint density at radius 3 is 2.37 bits per heavy atom. The van der Waals surface area contributed by atoms with Gasteiger partial charge in [-0.15, -0.1) is 0 Å². The molecule has 19 heavy (non-hydrogen) atoms. The van der Waals surface area contributed by atoms with Crippen LogP contribution in [0.4, 0.5) is 5.95 Å². The minimum atomic E-state index is -3.54. The fourth-order valence-corrected chi connectivity index (χ4v) is 2.56. The molecule has 0 spiro atoms. The molecule has 1 aromatic heterocycles. The Balaban J connectivity index is 2.45. The van der Waals surface area contributed by atoms with Gasteiger partial charge in [0.2, 0.25) is 16.0 Å². The van der Waals surface area contributed by atoms with Crippen LogP contribution in [0.5, 0.6) is 0 Å². The van der Waals surface area contributed by atoms with Crippen molar-refractivity contribution < 1.29 is 8.42 Å². The van der Waals surface area contributed by atoms with Gasteiger partial charge in [0.05, 0.1) is 12.4 Å². The summed E-state index contributed by atoms with van der Waals surface area (Å²) in [5.74, 6) is 0.0560. The molecule has 0 aliphatic carbocycles. The second-order valence-electron chi connectivity index (χ2n) is 4.06. The van der Waals surface area contributed by atoms with Gasteiger partial charge in [-0.1, -0.05) is 13.8 Å². The van der Waals surface area contributed by atoms with Crippen LogP contribution >= 0.6 is 0 Å². The first-order chi connectivity index (χ1) is 8.99. The van der Waals surface area contributed by atoms with E-state index in [1.807, 2.05) is 0 Å². The van der Waals surface area contributed by atoms with E-state index in [0.717, 1.165) is 26.1 Å². The van der Waals surface area contributed by atoms with Crippen LogP contribution in [-0.4, -0.2) is 49.5 Å². The van der Waals surface area contributed by atoms with Gasteiger partial charge in [0, 0.05) is 6.54 Å². The molecule has 0 unspecified atom stereocenters. The third kappa shape index (κ3) is 5.09. The van der Waals surface area contributed by atoms with Gasteiger partial charge in [-0.05, 0) is 26.1 Å². The fraction of sp³-hybridized carbons (Fsp3) is 0.636. The van der Waals surface area contributed by atoms with Gasteiger partial charge >= 0.3 is 0 Å². The molecule has 0 fully saturated rings. The van der Waals surface area contributed by atoms with Crippen LogP contribution in [0.3, 0.4) is 0 Å². The molecule has 1 aromatic rings. The molecule has 1 heterocycles. The maximum absolute atomic E-state index is 11.9. The number of sulfonamides is 1. The molecular weight excluding hydrogens is 266 g/mol. The van der Waals surface area contributed by atoms with E-state index < -0.39 is 10.0 Å². The van der Waals surface area contributed by atoms with Crippen molar-refractivity contribution in [2.24, 2.45) is 0 Å². The van der Waals surface area contributed by atoms with Crippen molar-refractivity contribution >= 4 is 16.0 Å². The lowest BCUT2D eigenvalue weighted by molar-refractivity contribution is 0.300. The average Bonchev–Trinajstić information content (AvgIpc) is 2.39. The number of aromatic nitrogens is 2. The van der Waals surface area contributed by atoms with Crippen molar-refractivity contribution in [3.05, 3.63) is 12.4 Å². The summed E-state index contributed by atoms with van der Waals surface area (Å²) in [6, 6.07) is 0. The second-order valence-corrected chi connectivity index (χ2v) is 5.82. The molecule has 8 heteroatoms. The first-order valence-corrected chi connectivity index (χ1v) is 7.77. The highest BCUT2D eigenvalue weighted by molar-refractivity contribution is 7.89. The molecule has 0 aliphatic rings. The third-order valence-electron chi connectivity index (χ3n) is 2.80. The topological polar surface area (TPSA) is 101 Å². The molecule has 7 nitrogen and oxygen atoms in total. The summed E-state index contributed by atoms with van der Waals surface area (Å²) in [4.78, 5) is 9.60. The van der Waals surface area contributed by atoms with Gasteiger partial charge in [0.1, 0.15) is 4.90 Å². The lowest BCUT2D eigenvalue weighted by Gasteiger charge is -2.17. The molecule has 1 rings (SSSR count). The van der Waals surface area contributed by atoms with Gasteiger partial charge in [-0.25, -0.2) is 23.1 Å². The van der Waals surface area contributed by atoms with Crippen LogP contribution in [-0.2, 0) is 10.0 Å². The minimum absolute atomic E-state index is 0.0320. The van der Waals surface area contributed by atoms with Gasteiger partial charge in [0.15, 0.2) is 0 Å². The molecule has 0 atom stereocenters. The number of hydrogen-bond acceptors (Lipinski definition) is 6. The molecule has 0 radical (unpaired) electrons. The van der Waals surface area contributed by atoms with E-state index in [2.05, 4.69) is 33.4 Å². The Hall–Kier alpha value is -1.25. The molecule has 3 N–H and O–H groups in total. The molecule has 0 bridgehead atoms. The normalized spacial score (nSPS) is 11.9. The van der Waals surface area contributed by atoms with Crippen LogP contribution in [0, 0.1) is 0 Å². The second kappa shape index (κ2) is 7.37. The van der Waals surface area contributed by atoms with Gasteiger partial charge in [-0.3, -0.25) is 0 Å². The fourth-order valence-electron chi connectivity index (χ4n) is 1.60. The SMILES string of the molecule is CCN(CC)CCCNS(=O)(=O)c1cnc(N)nc1. The summed E-state index contributed by atoms with van der Waals surface area (Å²) in [6.45, 7) is 7.36. The Morgan fingerprint density at radius 2 is 1.84 bits per heavy atom. The number of hydrogen-bond donors (Lipinski definition) is 2. The van der Waals surface area contributed by atoms with E-state index in [0.29, 0.717) is 6.54 Å². The Bertz CT molecular complexity index is 470. The quantitative estimate of drug-likeness (QED) is 0.656. The van der Waals surface area contributed by atoms with E-state index in [1.165, 1.54) is 12.4 Å². The average molecular weight is 287 g/mol. The number of nitrogen functional groups attached to an aromatic ring is 1. The third-order valence-corrected chi connectivity index (χ3v) is 4.21. The summed E-state index contributed by atoms with van der Waals surface area (Å²) < 4.78 is 26.3. The monoisotopic (exact) mass is 287 g/mol. The number of anilines is 1. The Labute approximate surface area is 114 Å². The van der Waals surface area contributed by atoms with Crippen LogP contribution < -0.4 is 10.5 Å². The summed E-state index contributed by atoms with van der Waals surface area (Å²) in [6.07, 6.45) is 3.17. The summed E-state index contributed by atoms with van der Waals surface area (Å²) in [5, 5.41) is 0. The number of nitrogens with one attached hydrogen (secondary N) is 1. The standard InChI is InChI=1S/C11H21N5O2S/c1-3-16(4-2)7-5-6-15-19(17,18)10-8-13-11(12)14-9-10/h8-9,15H,3-7H2,1-2H3,(H2,12,13,14). The largest absolute Gasteiger partial charge is 0.368 e. The van der Waals surface area contributed by atoms with Crippen molar-refractivity contribution in [1.82, 2.24) is 19.6 Å². The van der Waals surface area contributed by atoms with E-state index in [1.54, 1.807) is 0 Å². The summed E-state index contributed by atoms with van der Waals surface area (Å²) >= 11 is 0. The number of nitrogens with zero attached hydrogens (tertiary/aromatic N) is 3. The van der Waals surface area contributed by atoms with E-state index in [9.17, 15) is 8.42 Å². The first-order valence-electron chi connectivity index (χ1n) is 6.29. The van der Waals surface area contributed by atoms with Gasteiger partial charge in [0.25, 0.3) is 0 Å². The Kier molecular flexibility index (Phi) is 6.13. The molecule has 0 aromatic carbocycles. The highest BCUT2D eigenvalue weighted by Crippen LogP contribution is 2.05. The van der Waals surface area contributed by atoms with Gasteiger partial charge in [-0.2, -0.15) is 0 Å². The molecule has 0 amide bonds. The van der Waals surface area contributed by atoms with E-state index >= 15 is 0 Å². The Morgan fingerprint density at radius 1 is 1.26 bits per heavy atom. The van der Waals surface area contributed by atoms with Crippen molar-refractivity contribution in [3.63, 3.8) is 0 Å². The van der Waals surface area contributed by atoms with E-state index in [4.69, 9.17) is 5.73 Å². The lowest BCUT2D eigenvalue weighted by Crippen LogP contribution is -2.30. The lowest BCUT2D eigenvalue weighted by atomic mass is 10.4. The van der Waals surface area contributed by atoms with Crippen molar-refractivity contribution in [2.75, 3.05) is 31.9 Å². The molecule has 0 aliphatic heterocycles. The maximum atomic E-state index is 11.9. The van der Waals surface area contributed by atoms with Crippen LogP contribution in [0.2, 0.25) is 0 Å².